The van der Waals surface area contributed by atoms with Crippen LogP contribution in [0.15, 0.2) is 24.3 Å². The van der Waals surface area contributed by atoms with Crippen LogP contribution in [-0.2, 0) is 6.54 Å². The molecule has 1 amide bonds. The summed E-state index contributed by atoms with van der Waals surface area (Å²) in [5.41, 5.74) is 7.56. The molecule has 2 aliphatic rings. The van der Waals surface area contributed by atoms with E-state index in [0.717, 1.165) is 43.6 Å². The van der Waals surface area contributed by atoms with Crippen molar-refractivity contribution >= 4 is 30.7 Å². The molecule has 136 valence electrons. The summed E-state index contributed by atoms with van der Waals surface area (Å²) in [4.78, 5) is 17.6. The Kier molecular flexibility index (Phi) is 8.00. The van der Waals surface area contributed by atoms with E-state index in [1.807, 2.05) is 24.3 Å². The van der Waals surface area contributed by atoms with E-state index in [1.54, 1.807) is 0 Å². The Morgan fingerprint density at radius 3 is 2.29 bits per heavy atom. The first-order valence-corrected chi connectivity index (χ1v) is 8.44. The topological polar surface area (TPSA) is 49.6 Å². The molecule has 2 N–H and O–H groups in total. The smallest absolute Gasteiger partial charge is 0.254 e. The van der Waals surface area contributed by atoms with Gasteiger partial charge in [0.15, 0.2) is 0 Å². The second kappa shape index (κ2) is 9.04. The molecule has 2 fully saturated rings. The zero-order valence-electron chi connectivity index (χ0n) is 14.4. The fourth-order valence-electron chi connectivity index (χ4n) is 4.07. The van der Waals surface area contributed by atoms with Crippen LogP contribution in [0.25, 0.3) is 0 Å². The predicted molar refractivity (Wildman–Crippen MR) is 103 cm³/mol. The predicted octanol–water partition coefficient (Wildman–Crippen LogP) is 3.08. The molecule has 1 aliphatic carbocycles. The molecule has 4 nitrogen and oxygen atoms in total. The van der Waals surface area contributed by atoms with Gasteiger partial charge in [0.05, 0.1) is 5.54 Å². The first kappa shape index (κ1) is 21.2. The van der Waals surface area contributed by atoms with Crippen molar-refractivity contribution in [1.82, 2.24) is 9.80 Å². The molecule has 6 heteroatoms. The lowest BCUT2D eigenvalue weighted by molar-refractivity contribution is -0.00778. The van der Waals surface area contributed by atoms with Crippen LogP contribution in [0, 0.1) is 0 Å². The minimum absolute atomic E-state index is 0. The van der Waals surface area contributed by atoms with Crippen molar-refractivity contribution in [3.63, 3.8) is 0 Å². The lowest BCUT2D eigenvalue weighted by Gasteiger charge is -2.52. The molecule has 1 saturated carbocycles. The van der Waals surface area contributed by atoms with Crippen molar-refractivity contribution in [3.8, 4) is 0 Å². The number of benzene rings is 1. The summed E-state index contributed by atoms with van der Waals surface area (Å²) in [5, 5.41) is 0. The van der Waals surface area contributed by atoms with Crippen LogP contribution in [0.1, 0.15) is 48.0 Å². The average molecular weight is 374 g/mol. The zero-order valence-corrected chi connectivity index (χ0v) is 16.0. The van der Waals surface area contributed by atoms with E-state index in [-0.39, 0.29) is 36.3 Å². The van der Waals surface area contributed by atoms with E-state index >= 15 is 0 Å². The van der Waals surface area contributed by atoms with Crippen molar-refractivity contribution in [1.29, 1.82) is 0 Å². The maximum absolute atomic E-state index is 13.1. The van der Waals surface area contributed by atoms with Crippen LogP contribution in [-0.4, -0.2) is 47.9 Å². The number of likely N-dealkylation sites (N-methyl/N-ethyl adjacent to an activating group) is 1. The Bertz CT molecular complexity index is 530. The molecule has 0 bridgehead atoms. The monoisotopic (exact) mass is 373 g/mol. The third kappa shape index (κ3) is 4.23. The number of nitrogens with zero attached hydrogens (tertiary/aromatic N) is 2. The summed E-state index contributed by atoms with van der Waals surface area (Å²) < 4.78 is 0. The Labute approximate surface area is 157 Å². The zero-order chi connectivity index (χ0) is 15.6. The number of piperazine rings is 1. The minimum atomic E-state index is 0. The van der Waals surface area contributed by atoms with Gasteiger partial charge in [0.25, 0.3) is 5.91 Å². The number of hydrogen-bond donors (Lipinski definition) is 1. The highest BCUT2D eigenvalue weighted by molar-refractivity contribution is 5.95. The van der Waals surface area contributed by atoms with Gasteiger partial charge in [-0.25, -0.2) is 0 Å². The van der Waals surface area contributed by atoms with E-state index in [2.05, 4.69) is 16.8 Å². The second-order valence-corrected chi connectivity index (χ2v) is 6.88. The van der Waals surface area contributed by atoms with Crippen LogP contribution in [0.5, 0.6) is 0 Å². The van der Waals surface area contributed by atoms with Crippen LogP contribution >= 0.6 is 24.8 Å². The van der Waals surface area contributed by atoms with Crippen molar-refractivity contribution < 1.29 is 4.79 Å². The lowest BCUT2D eigenvalue weighted by atomic mass is 9.78. The molecule has 1 aliphatic heterocycles. The van der Waals surface area contributed by atoms with E-state index < -0.39 is 0 Å². The van der Waals surface area contributed by atoms with Crippen molar-refractivity contribution in [2.24, 2.45) is 5.73 Å². The summed E-state index contributed by atoms with van der Waals surface area (Å²) in [6.07, 6.45) is 6.07. The minimum Gasteiger partial charge on any atom is -0.330 e. The molecular formula is C18H29Cl2N3O. The number of nitrogens with two attached hydrogens (primary N) is 1. The van der Waals surface area contributed by atoms with E-state index in [1.165, 1.54) is 19.3 Å². The highest BCUT2D eigenvalue weighted by Gasteiger charge is 2.43. The van der Waals surface area contributed by atoms with Crippen molar-refractivity contribution in [2.75, 3.05) is 26.7 Å². The van der Waals surface area contributed by atoms with Gasteiger partial charge in [0, 0.05) is 31.7 Å². The maximum Gasteiger partial charge on any atom is 0.254 e. The average Bonchev–Trinajstić information content (AvgIpc) is 2.55. The van der Waals surface area contributed by atoms with Crippen molar-refractivity contribution in [2.45, 2.75) is 44.2 Å². The first-order chi connectivity index (χ1) is 10.6. The molecule has 1 aromatic carbocycles. The van der Waals surface area contributed by atoms with Gasteiger partial charge in [-0.1, -0.05) is 31.4 Å². The van der Waals surface area contributed by atoms with Gasteiger partial charge >= 0.3 is 0 Å². The number of hydrogen-bond acceptors (Lipinski definition) is 3. The third-order valence-corrected chi connectivity index (χ3v) is 5.31. The number of halogens is 2. The van der Waals surface area contributed by atoms with Crippen LogP contribution < -0.4 is 5.73 Å². The SMILES string of the molecule is CN1CCN(C(=O)c2ccc(CN)cc2)C2(CCCCC2)C1.Cl.Cl. The van der Waals surface area contributed by atoms with Gasteiger partial charge in [-0.2, -0.15) is 0 Å². The summed E-state index contributed by atoms with van der Waals surface area (Å²) in [6, 6.07) is 7.80. The van der Waals surface area contributed by atoms with Gasteiger partial charge in [0.2, 0.25) is 0 Å². The van der Waals surface area contributed by atoms with Gasteiger partial charge in [0.1, 0.15) is 0 Å². The fourth-order valence-corrected chi connectivity index (χ4v) is 4.07. The molecule has 0 aromatic heterocycles. The Morgan fingerprint density at radius 2 is 1.71 bits per heavy atom. The Morgan fingerprint density at radius 1 is 1.08 bits per heavy atom. The van der Waals surface area contributed by atoms with Crippen LogP contribution in [0.3, 0.4) is 0 Å². The number of carbonyl (C=O) groups excluding carboxylic acids is 1. The Balaban J connectivity index is 0.00000144. The highest BCUT2D eigenvalue weighted by atomic mass is 35.5. The fraction of sp³-hybridized carbons (Fsp3) is 0.611. The van der Waals surface area contributed by atoms with Crippen LogP contribution in [0.2, 0.25) is 0 Å². The summed E-state index contributed by atoms with van der Waals surface area (Å²) >= 11 is 0. The molecule has 1 spiro atoms. The summed E-state index contributed by atoms with van der Waals surface area (Å²) in [7, 11) is 2.17. The molecule has 0 atom stereocenters. The molecule has 0 radical (unpaired) electrons. The summed E-state index contributed by atoms with van der Waals surface area (Å²) in [5.74, 6) is 0.193. The largest absolute Gasteiger partial charge is 0.330 e. The molecule has 3 rings (SSSR count). The number of rotatable bonds is 2. The molecule has 1 saturated heterocycles. The van der Waals surface area contributed by atoms with Gasteiger partial charge in [-0.15, -0.1) is 24.8 Å². The first-order valence-electron chi connectivity index (χ1n) is 8.44. The normalized spacial score (nSPS) is 20.2. The molecular weight excluding hydrogens is 345 g/mol. The van der Waals surface area contributed by atoms with Crippen molar-refractivity contribution in [3.05, 3.63) is 35.4 Å². The Hall–Kier alpha value is -0.810. The molecule has 1 heterocycles. The molecule has 0 unspecified atom stereocenters. The van der Waals surface area contributed by atoms with E-state index in [4.69, 9.17) is 5.73 Å². The number of amides is 1. The van der Waals surface area contributed by atoms with E-state index in [0.29, 0.717) is 6.54 Å². The molecule has 24 heavy (non-hydrogen) atoms. The molecule has 1 aromatic rings. The maximum atomic E-state index is 13.1. The van der Waals surface area contributed by atoms with E-state index in [9.17, 15) is 4.79 Å². The number of carbonyl (C=O) groups is 1. The third-order valence-electron chi connectivity index (χ3n) is 5.31. The van der Waals surface area contributed by atoms with Gasteiger partial charge in [-0.05, 0) is 37.6 Å². The lowest BCUT2D eigenvalue weighted by Crippen LogP contribution is -2.63. The van der Waals surface area contributed by atoms with Crippen LogP contribution in [0.4, 0.5) is 0 Å². The quantitative estimate of drug-likeness (QED) is 0.866. The van der Waals surface area contributed by atoms with Gasteiger partial charge in [-0.3, -0.25) is 4.79 Å². The highest BCUT2D eigenvalue weighted by Crippen LogP contribution is 2.37. The summed E-state index contributed by atoms with van der Waals surface area (Å²) in [6.45, 7) is 3.34. The standard InChI is InChI=1S/C18H27N3O.2ClH/c1-20-11-12-21(18(14-20)9-3-2-4-10-18)17(22)16-7-5-15(13-19)6-8-16;;/h5-8H,2-4,9-14,19H2,1H3;2*1H. The van der Waals surface area contributed by atoms with Gasteiger partial charge < -0.3 is 15.5 Å². The second-order valence-electron chi connectivity index (χ2n) is 6.88.